The van der Waals surface area contributed by atoms with Crippen molar-refractivity contribution in [2.75, 3.05) is 13.2 Å². The Labute approximate surface area is 319 Å². The van der Waals surface area contributed by atoms with E-state index in [0.717, 1.165) is 41.7 Å². The van der Waals surface area contributed by atoms with Crippen LogP contribution in [0.2, 0.25) is 5.04 Å². The van der Waals surface area contributed by atoms with Crippen LogP contribution in [0.15, 0.2) is 119 Å². The van der Waals surface area contributed by atoms with Crippen molar-refractivity contribution in [2.45, 2.75) is 77.5 Å². The highest BCUT2D eigenvalue weighted by Gasteiger charge is 2.58. The summed E-state index contributed by atoms with van der Waals surface area (Å²) in [5.74, 6) is -0.860. The maximum atomic E-state index is 14.2. The second-order valence-electron chi connectivity index (χ2n) is 15.8. The average Bonchev–Trinajstić information content (AvgIpc) is 3.89. The van der Waals surface area contributed by atoms with Gasteiger partial charge in [0.05, 0.1) is 37.7 Å². The van der Waals surface area contributed by atoms with Crippen molar-refractivity contribution in [2.24, 2.45) is 17.8 Å². The minimum Gasteiger partial charge on any atom is -0.508 e. The molecule has 2 saturated heterocycles. The first kappa shape index (κ1) is 37.2. The maximum Gasteiger partial charge on any atom is 0.261 e. The molecule has 53 heavy (non-hydrogen) atoms. The summed E-state index contributed by atoms with van der Waals surface area (Å²) in [7, 11) is -2.88. The fraction of sp³-hybridized carbons (Fsp3) is 0.378. The van der Waals surface area contributed by atoms with Gasteiger partial charge in [0, 0.05) is 10.8 Å². The average molecular weight is 746 g/mol. The van der Waals surface area contributed by atoms with E-state index in [9.17, 15) is 14.7 Å². The van der Waals surface area contributed by atoms with E-state index in [1.54, 1.807) is 23.5 Å². The Morgan fingerprint density at radius 2 is 1.58 bits per heavy atom. The molecule has 2 fully saturated rings. The van der Waals surface area contributed by atoms with Crippen LogP contribution >= 0.6 is 11.3 Å². The molecule has 6 nitrogen and oxygen atoms in total. The van der Waals surface area contributed by atoms with Crippen LogP contribution < -0.4 is 10.4 Å². The molecule has 3 heterocycles. The predicted octanol–water partition coefficient (Wildman–Crippen LogP) is 8.51. The van der Waals surface area contributed by atoms with Crippen molar-refractivity contribution >= 4 is 47.9 Å². The zero-order valence-corrected chi connectivity index (χ0v) is 33.1. The summed E-state index contributed by atoms with van der Waals surface area (Å²) < 4.78 is 14.2. The number of rotatable bonds is 13. The summed E-state index contributed by atoms with van der Waals surface area (Å²) in [6.45, 7) is 10.2. The highest BCUT2D eigenvalue weighted by Crippen LogP contribution is 2.51. The first-order valence-electron chi connectivity index (χ1n) is 19.0. The minimum atomic E-state index is -2.88. The number of imide groups is 1. The lowest BCUT2D eigenvalue weighted by atomic mass is 9.69. The predicted molar refractivity (Wildman–Crippen MR) is 216 cm³/mol. The normalized spacial score (nSPS) is 22.0. The van der Waals surface area contributed by atoms with Gasteiger partial charge in [-0.05, 0) is 81.4 Å². The number of hydrogen-bond acceptors (Lipinski definition) is 6. The van der Waals surface area contributed by atoms with Crippen LogP contribution in [0, 0.1) is 17.8 Å². The van der Waals surface area contributed by atoms with Crippen LogP contribution in [0.25, 0.3) is 6.08 Å². The maximum absolute atomic E-state index is 14.2. The van der Waals surface area contributed by atoms with Gasteiger partial charge in [-0.25, -0.2) is 0 Å². The van der Waals surface area contributed by atoms with Crippen LogP contribution in [-0.4, -0.2) is 49.5 Å². The highest BCUT2D eigenvalue weighted by atomic mass is 32.1. The molecule has 0 bridgehead atoms. The van der Waals surface area contributed by atoms with Crippen molar-refractivity contribution in [3.8, 4) is 5.75 Å². The van der Waals surface area contributed by atoms with E-state index >= 15 is 0 Å². The van der Waals surface area contributed by atoms with E-state index in [-0.39, 0.29) is 34.6 Å². The van der Waals surface area contributed by atoms with E-state index in [0.29, 0.717) is 26.2 Å². The van der Waals surface area contributed by atoms with Crippen molar-refractivity contribution in [1.29, 1.82) is 0 Å². The molecule has 0 unspecified atom stereocenters. The smallest absolute Gasteiger partial charge is 0.261 e. The van der Waals surface area contributed by atoms with Crippen LogP contribution in [0.1, 0.15) is 70.2 Å². The number of phenolic OH excluding ortho intramolecular Hbond substituents is 1. The van der Waals surface area contributed by atoms with Gasteiger partial charge >= 0.3 is 0 Å². The van der Waals surface area contributed by atoms with Gasteiger partial charge in [-0.1, -0.05) is 125 Å². The molecule has 3 aromatic carbocycles. The molecule has 0 spiro atoms. The Kier molecular flexibility index (Phi) is 11.0. The zero-order chi connectivity index (χ0) is 37.2. The van der Waals surface area contributed by atoms with E-state index in [1.807, 2.05) is 29.6 Å². The number of benzene rings is 3. The van der Waals surface area contributed by atoms with Crippen LogP contribution in [0.5, 0.6) is 5.75 Å². The lowest BCUT2D eigenvalue weighted by molar-refractivity contribution is -0.140. The van der Waals surface area contributed by atoms with Crippen molar-refractivity contribution in [3.05, 3.63) is 130 Å². The second kappa shape index (κ2) is 15.7. The van der Waals surface area contributed by atoms with Gasteiger partial charge in [0.25, 0.3) is 8.32 Å². The topological polar surface area (TPSA) is 76.1 Å². The summed E-state index contributed by atoms with van der Waals surface area (Å²) in [5, 5.41) is 14.0. The third kappa shape index (κ3) is 7.39. The SMILES string of the molecule is CCC/C(=C\c1ccc(O)cc1)CC[C@H]1OC[C@H]2C1=C(CO[Si](c1ccccc1)(c1ccccc1)C(C)(C)C)C[C@H]1C(=O)N(Cc3cccs3)C(=O)[C@H]12. The summed E-state index contributed by atoms with van der Waals surface area (Å²) in [4.78, 5) is 30.9. The van der Waals surface area contributed by atoms with Crippen molar-refractivity contribution in [1.82, 2.24) is 4.90 Å². The third-order valence-corrected chi connectivity index (χ3v) is 17.3. The number of likely N-dealkylation sites (tertiary alicyclic amines) is 1. The van der Waals surface area contributed by atoms with Gasteiger partial charge in [-0.3, -0.25) is 14.5 Å². The highest BCUT2D eigenvalue weighted by molar-refractivity contribution is 7.09. The number of fused-ring (bicyclic) bond motifs is 3. The largest absolute Gasteiger partial charge is 0.508 e. The Bertz CT molecular complexity index is 1910. The monoisotopic (exact) mass is 745 g/mol. The Hall–Kier alpha value is -4.08. The molecule has 7 rings (SSSR count). The fourth-order valence-electron chi connectivity index (χ4n) is 9.06. The summed E-state index contributed by atoms with van der Waals surface area (Å²) >= 11 is 1.58. The first-order chi connectivity index (χ1) is 25.6. The number of amides is 2. The quantitative estimate of drug-likeness (QED) is 0.0844. The Morgan fingerprint density at radius 3 is 2.19 bits per heavy atom. The molecule has 2 amide bonds. The zero-order valence-electron chi connectivity index (χ0n) is 31.3. The Balaban J connectivity index is 1.25. The van der Waals surface area contributed by atoms with E-state index < -0.39 is 20.2 Å². The second-order valence-corrected chi connectivity index (χ2v) is 21.1. The number of hydrogen-bond donors (Lipinski definition) is 1. The van der Waals surface area contributed by atoms with Gasteiger partial charge in [-0.15, -0.1) is 11.3 Å². The number of ether oxygens (including phenoxy) is 1. The molecule has 8 heteroatoms. The molecule has 1 N–H and O–H groups in total. The van der Waals surface area contributed by atoms with Gasteiger partial charge in [0.15, 0.2) is 0 Å². The number of phenols is 1. The van der Waals surface area contributed by atoms with Gasteiger partial charge in [0.2, 0.25) is 11.8 Å². The lowest BCUT2D eigenvalue weighted by Gasteiger charge is -2.44. The number of carbonyl (C=O) groups is 2. The van der Waals surface area contributed by atoms with Crippen molar-refractivity contribution in [3.63, 3.8) is 0 Å². The lowest BCUT2D eigenvalue weighted by Crippen LogP contribution is -2.66. The minimum absolute atomic E-state index is 0.0639. The molecular formula is C45H51NO5SSi. The molecule has 4 aromatic rings. The van der Waals surface area contributed by atoms with E-state index in [4.69, 9.17) is 9.16 Å². The fourth-order valence-corrected chi connectivity index (χ4v) is 14.3. The number of allylic oxidation sites excluding steroid dienone is 1. The summed E-state index contributed by atoms with van der Waals surface area (Å²) in [6.07, 6.45) is 6.21. The molecule has 3 aliphatic rings. The van der Waals surface area contributed by atoms with E-state index in [2.05, 4.69) is 94.4 Å². The van der Waals surface area contributed by atoms with Crippen LogP contribution in [0.4, 0.5) is 0 Å². The van der Waals surface area contributed by atoms with Gasteiger partial charge in [0.1, 0.15) is 5.75 Å². The molecule has 0 radical (unpaired) electrons. The summed E-state index contributed by atoms with van der Waals surface area (Å²) in [5.41, 5.74) is 4.71. The molecule has 0 saturated carbocycles. The first-order valence-corrected chi connectivity index (χ1v) is 21.8. The van der Waals surface area contributed by atoms with Gasteiger partial charge in [-0.2, -0.15) is 0 Å². The molecule has 276 valence electrons. The Morgan fingerprint density at radius 1 is 0.906 bits per heavy atom. The number of carbonyl (C=O) groups excluding carboxylic acids is 2. The van der Waals surface area contributed by atoms with Crippen molar-refractivity contribution < 1.29 is 23.9 Å². The van der Waals surface area contributed by atoms with Gasteiger partial charge < -0.3 is 14.3 Å². The molecular weight excluding hydrogens is 695 g/mol. The summed E-state index contributed by atoms with van der Waals surface area (Å²) in [6, 6.07) is 32.7. The number of thiophene rings is 1. The number of nitrogens with zero attached hydrogens (tertiary/aromatic N) is 1. The number of aromatic hydroxyl groups is 1. The molecule has 2 aliphatic heterocycles. The van der Waals surface area contributed by atoms with Crippen LogP contribution in [-0.2, 0) is 25.3 Å². The molecule has 4 atom stereocenters. The standard InChI is InChI=1S/C45H51NO5SSi/c1-5-13-31(26-32-19-22-34(47)23-20-32)21-24-40-41-33(27-38-42(39(41)30-50-40)44(49)46(43(38)48)28-35-14-12-25-52-35)29-51-53(45(2,3)4,36-15-8-6-9-16-36)37-17-10-7-11-18-37/h6-12,14-20,22-23,25-26,38-40,42,47H,5,13,21,24,27-30H2,1-4H3/b31-26+/t38-,39+,40-,42-/m1/s1. The third-order valence-electron chi connectivity index (χ3n) is 11.4. The molecule has 1 aliphatic carbocycles. The van der Waals surface area contributed by atoms with E-state index in [1.165, 1.54) is 26.4 Å². The van der Waals surface area contributed by atoms with Crippen LogP contribution in [0.3, 0.4) is 0 Å². The molecule has 1 aromatic heterocycles.